The summed E-state index contributed by atoms with van der Waals surface area (Å²) in [6, 6.07) is 13.3. The Balaban J connectivity index is 1.58. The van der Waals surface area contributed by atoms with E-state index in [4.69, 9.17) is 14.7 Å². The number of nitrogens with zero attached hydrogens (tertiary/aromatic N) is 2. The average Bonchev–Trinajstić information content (AvgIpc) is 3.01. The van der Waals surface area contributed by atoms with E-state index in [2.05, 4.69) is 0 Å². The fraction of sp³-hybridized carbons (Fsp3) is 0.273. The zero-order valence-electron chi connectivity index (χ0n) is 16.2. The molecule has 1 amide bonds. The van der Waals surface area contributed by atoms with Crippen molar-refractivity contribution in [3.8, 4) is 11.8 Å². The van der Waals surface area contributed by atoms with Gasteiger partial charge in [-0.05, 0) is 61.9 Å². The number of carbonyl (C=O) groups is 3. The van der Waals surface area contributed by atoms with Crippen LogP contribution >= 0.6 is 0 Å². The Bertz CT molecular complexity index is 989. The first kappa shape index (κ1) is 20.1. The van der Waals surface area contributed by atoms with Crippen molar-refractivity contribution >= 4 is 17.7 Å². The van der Waals surface area contributed by atoms with Gasteiger partial charge in [0.15, 0.2) is 12.4 Å². The Hall–Kier alpha value is -3.66. The van der Waals surface area contributed by atoms with Crippen LogP contribution < -0.4 is 4.74 Å². The number of esters is 1. The second-order valence-corrected chi connectivity index (χ2v) is 6.92. The van der Waals surface area contributed by atoms with E-state index in [0.29, 0.717) is 29.0 Å². The molecule has 7 nitrogen and oxygen atoms in total. The summed E-state index contributed by atoms with van der Waals surface area (Å²) in [5.41, 5.74) is 2.19. The van der Waals surface area contributed by atoms with E-state index in [1.165, 1.54) is 4.90 Å². The SMILES string of the molecule is CC(C)OC(=O)COc1ccc(C(=O)CN2Cc3cc(C#N)ccc3C2=O)cc1. The Kier molecular flexibility index (Phi) is 5.93. The number of hydrogen-bond donors (Lipinski definition) is 0. The van der Waals surface area contributed by atoms with Gasteiger partial charge in [-0.2, -0.15) is 5.26 Å². The third kappa shape index (κ3) is 4.79. The smallest absolute Gasteiger partial charge is 0.344 e. The highest BCUT2D eigenvalue weighted by Gasteiger charge is 2.29. The fourth-order valence-corrected chi connectivity index (χ4v) is 3.02. The van der Waals surface area contributed by atoms with E-state index in [-0.39, 0.29) is 30.9 Å². The Morgan fingerprint density at radius 1 is 1.17 bits per heavy atom. The lowest BCUT2D eigenvalue weighted by molar-refractivity contribution is -0.149. The van der Waals surface area contributed by atoms with Gasteiger partial charge in [0.2, 0.25) is 0 Å². The lowest BCUT2D eigenvalue weighted by Crippen LogP contribution is -2.30. The van der Waals surface area contributed by atoms with Crippen molar-refractivity contribution in [2.24, 2.45) is 0 Å². The standard InChI is InChI=1S/C22H20N2O5/c1-14(2)29-21(26)13-28-18-6-4-16(5-7-18)20(25)12-24-11-17-9-15(10-23)3-8-19(17)22(24)27/h3-9,14H,11-13H2,1-2H3. The van der Waals surface area contributed by atoms with Gasteiger partial charge in [0.25, 0.3) is 5.91 Å². The number of ketones is 1. The molecule has 0 aromatic heterocycles. The molecule has 0 aliphatic carbocycles. The number of rotatable bonds is 7. The van der Waals surface area contributed by atoms with Gasteiger partial charge in [-0.3, -0.25) is 9.59 Å². The summed E-state index contributed by atoms with van der Waals surface area (Å²) in [7, 11) is 0. The summed E-state index contributed by atoms with van der Waals surface area (Å²) in [5, 5.41) is 8.99. The maximum atomic E-state index is 12.6. The highest BCUT2D eigenvalue weighted by Crippen LogP contribution is 2.24. The van der Waals surface area contributed by atoms with Crippen LogP contribution in [0.25, 0.3) is 0 Å². The Morgan fingerprint density at radius 3 is 2.55 bits per heavy atom. The zero-order valence-corrected chi connectivity index (χ0v) is 16.2. The number of benzene rings is 2. The second-order valence-electron chi connectivity index (χ2n) is 6.92. The second kappa shape index (κ2) is 8.57. The first-order valence-electron chi connectivity index (χ1n) is 9.15. The van der Waals surface area contributed by atoms with Crippen LogP contribution in [0.2, 0.25) is 0 Å². The molecule has 0 fully saturated rings. The Morgan fingerprint density at radius 2 is 1.90 bits per heavy atom. The zero-order chi connectivity index (χ0) is 21.0. The van der Waals surface area contributed by atoms with Crippen molar-refractivity contribution < 1.29 is 23.9 Å². The lowest BCUT2D eigenvalue weighted by atomic mass is 10.1. The van der Waals surface area contributed by atoms with Gasteiger partial charge in [-0.25, -0.2) is 4.79 Å². The molecule has 2 aromatic rings. The molecule has 0 spiro atoms. The summed E-state index contributed by atoms with van der Waals surface area (Å²) in [4.78, 5) is 38.0. The minimum atomic E-state index is -0.466. The summed E-state index contributed by atoms with van der Waals surface area (Å²) in [6.45, 7) is 3.54. The summed E-state index contributed by atoms with van der Waals surface area (Å²) >= 11 is 0. The Labute approximate surface area is 168 Å². The van der Waals surface area contributed by atoms with E-state index < -0.39 is 5.97 Å². The molecule has 148 valence electrons. The van der Waals surface area contributed by atoms with Crippen LogP contribution in [0.4, 0.5) is 0 Å². The van der Waals surface area contributed by atoms with Gasteiger partial charge in [-0.1, -0.05) is 0 Å². The van der Waals surface area contributed by atoms with Crippen molar-refractivity contribution in [2.45, 2.75) is 26.5 Å². The van der Waals surface area contributed by atoms with Gasteiger partial charge < -0.3 is 14.4 Å². The number of nitriles is 1. The molecule has 0 saturated heterocycles. The third-order valence-electron chi connectivity index (χ3n) is 4.35. The fourth-order valence-electron chi connectivity index (χ4n) is 3.02. The van der Waals surface area contributed by atoms with Crippen LogP contribution in [0.15, 0.2) is 42.5 Å². The average molecular weight is 392 g/mol. The number of amides is 1. The van der Waals surface area contributed by atoms with Crippen LogP contribution in [0, 0.1) is 11.3 Å². The minimum absolute atomic E-state index is 0.0592. The van der Waals surface area contributed by atoms with E-state index >= 15 is 0 Å². The quantitative estimate of drug-likeness (QED) is 0.531. The van der Waals surface area contributed by atoms with Crippen molar-refractivity contribution in [1.29, 1.82) is 5.26 Å². The molecule has 0 atom stereocenters. The number of fused-ring (bicyclic) bond motifs is 1. The maximum absolute atomic E-state index is 12.6. The van der Waals surface area contributed by atoms with Gasteiger partial charge in [0, 0.05) is 17.7 Å². The third-order valence-corrected chi connectivity index (χ3v) is 4.35. The highest BCUT2D eigenvalue weighted by molar-refractivity contribution is 6.04. The number of ether oxygens (including phenoxy) is 2. The molecule has 29 heavy (non-hydrogen) atoms. The summed E-state index contributed by atoms with van der Waals surface area (Å²) < 4.78 is 10.3. The lowest BCUT2D eigenvalue weighted by Gasteiger charge is -2.14. The van der Waals surface area contributed by atoms with E-state index in [1.807, 2.05) is 6.07 Å². The van der Waals surface area contributed by atoms with E-state index in [9.17, 15) is 14.4 Å². The van der Waals surface area contributed by atoms with Crippen LogP contribution in [0.5, 0.6) is 5.75 Å². The van der Waals surface area contributed by atoms with Crippen molar-refractivity contribution in [3.05, 3.63) is 64.7 Å². The molecule has 7 heteroatoms. The molecule has 0 bridgehead atoms. The predicted octanol–water partition coefficient (Wildman–Crippen LogP) is 2.73. The molecular weight excluding hydrogens is 372 g/mol. The molecule has 1 aliphatic heterocycles. The summed E-state index contributed by atoms with van der Waals surface area (Å²) in [6.07, 6.45) is -0.211. The molecular formula is C22H20N2O5. The molecule has 2 aromatic carbocycles. The van der Waals surface area contributed by atoms with Gasteiger partial charge >= 0.3 is 5.97 Å². The first-order chi connectivity index (χ1) is 13.9. The first-order valence-corrected chi connectivity index (χ1v) is 9.15. The molecule has 1 heterocycles. The van der Waals surface area contributed by atoms with E-state index in [0.717, 1.165) is 5.56 Å². The summed E-state index contributed by atoms with van der Waals surface area (Å²) in [5.74, 6) is -0.457. The van der Waals surface area contributed by atoms with Crippen molar-refractivity contribution in [2.75, 3.05) is 13.2 Å². The van der Waals surface area contributed by atoms with Gasteiger partial charge in [-0.15, -0.1) is 0 Å². The van der Waals surface area contributed by atoms with Gasteiger partial charge in [0.1, 0.15) is 5.75 Å². The molecule has 0 radical (unpaired) electrons. The monoisotopic (exact) mass is 392 g/mol. The minimum Gasteiger partial charge on any atom is -0.482 e. The normalized spacial score (nSPS) is 12.5. The molecule has 0 unspecified atom stereocenters. The van der Waals surface area contributed by atoms with Crippen LogP contribution in [-0.4, -0.2) is 41.8 Å². The number of hydrogen-bond acceptors (Lipinski definition) is 6. The van der Waals surface area contributed by atoms with Crippen molar-refractivity contribution in [1.82, 2.24) is 4.90 Å². The van der Waals surface area contributed by atoms with Crippen molar-refractivity contribution in [3.63, 3.8) is 0 Å². The number of carbonyl (C=O) groups excluding carboxylic acids is 3. The molecule has 3 rings (SSSR count). The van der Waals surface area contributed by atoms with Gasteiger partial charge in [0.05, 0.1) is 24.3 Å². The van der Waals surface area contributed by atoms with Crippen LogP contribution in [0.3, 0.4) is 0 Å². The largest absolute Gasteiger partial charge is 0.482 e. The van der Waals surface area contributed by atoms with E-state index in [1.54, 1.807) is 56.3 Å². The predicted molar refractivity (Wildman–Crippen MR) is 103 cm³/mol. The maximum Gasteiger partial charge on any atom is 0.344 e. The topological polar surface area (TPSA) is 96.7 Å². The number of Topliss-reactive ketones (excluding diaryl/α,β-unsaturated/α-hetero) is 1. The molecule has 0 saturated carbocycles. The highest BCUT2D eigenvalue weighted by atomic mass is 16.6. The van der Waals surface area contributed by atoms with Crippen LogP contribution in [-0.2, 0) is 16.1 Å². The molecule has 0 N–H and O–H groups in total. The molecule has 1 aliphatic rings. The van der Waals surface area contributed by atoms with Crippen LogP contribution in [0.1, 0.15) is 45.7 Å².